The molecule has 0 bridgehead atoms. The van der Waals surface area contributed by atoms with E-state index in [0.29, 0.717) is 23.8 Å². The lowest BCUT2D eigenvalue weighted by molar-refractivity contribution is -0.857. The van der Waals surface area contributed by atoms with E-state index in [-0.39, 0.29) is 22.6 Å². The van der Waals surface area contributed by atoms with Crippen LogP contribution in [-0.2, 0) is 9.84 Å². The third-order valence-electron chi connectivity index (χ3n) is 3.93. The molecule has 1 aromatic rings. The van der Waals surface area contributed by atoms with Gasteiger partial charge in [0.2, 0.25) is 0 Å². The van der Waals surface area contributed by atoms with Crippen LogP contribution < -0.4 is 10.2 Å². The molecular weight excluding hydrogens is 373 g/mol. The minimum absolute atomic E-state index is 0.00975. The summed E-state index contributed by atoms with van der Waals surface area (Å²) >= 11 is 11.3. The van der Waals surface area contributed by atoms with E-state index in [4.69, 9.17) is 23.8 Å². The second kappa shape index (κ2) is 7.95. The third-order valence-corrected chi connectivity index (χ3v) is 6.31. The number of benzene rings is 1. The summed E-state index contributed by atoms with van der Waals surface area (Å²) in [6.07, 6.45) is 0.567. The SMILES string of the molecule is C[NH+](C)CCN(C(=S)Nc1ccc(F)c(Cl)c1)[C@H]1CCS(=O)(=O)C1. The number of hydrogen-bond donors (Lipinski definition) is 2. The van der Waals surface area contributed by atoms with Gasteiger partial charge in [0.25, 0.3) is 0 Å². The van der Waals surface area contributed by atoms with Crippen molar-refractivity contribution >= 4 is 44.5 Å². The molecule has 5 nitrogen and oxygen atoms in total. The Labute approximate surface area is 152 Å². The zero-order chi connectivity index (χ0) is 17.9. The summed E-state index contributed by atoms with van der Waals surface area (Å²) in [5.74, 6) is -0.196. The first kappa shape index (κ1) is 19.4. The Morgan fingerprint density at radius 1 is 1.50 bits per heavy atom. The molecule has 24 heavy (non-hydrogen) atoms. The van der Waals surface area contributed by atoms with Crippen molar-refractivity contribution in [3.05, 3.63) is 29.0 Å². The highest BCUT2D eigenvalue weighted by molar-refractivity contribution is 7.91. The molecule has 1 fully saturated rings. The summed E-state index contributed by atoms with van der Waals surface area (Å²) < 4.78 is 36.8. The minimum atomic E-state index is -3.00. The molecule has 0 aromatic heterocycles. The summed E-state index contributed by atoms with van der Waals surface area (Å²) in [5.41, 5.74) is 0.578. The highest BCUT2D eigenvalue weighted by Gasteiger charge is 2.33. The molecule has 9 heteroatoms. The van der Waals surface area contributed by atoms with E-state index in [1.807, 2.05) is 19.0 Å². The molecule has 2 N–H and O–H groups in total. The van der Waals surface area contributed by atoms with Crippen LogP contribution in [-0.4, -0.2) is 63.2 Å². The van der Waals surface area contributed by atoms with Crippen molar-refractivity contribution in [1.29, 1.82) is 0 Å². The van der Waals surface area contributed by atoms with Crippen molar-refractivity contribution in [2.75, 3.05) is 44.0 Å². The van der Waals surface area contributed by atoms with Crippen LogP contribution in [0.25, 0.3) is 0 Å². The average molecular weight is 395 g/mol. The summed E-state index contributed by atoms with van der Waals surface area (Å²) in [7, 11) is 1.05. The lowest BCUT2D eigenvalue weighted by Crippen LogP contribution is -3.06. The zero-order valence-corrected chi connectivity index (χ0v) is 16.1. The summed E-state index contributed by atoms with van der Waals surface area (Å²) in [6, 6.07) is 4.14. The number of quaternary nitrogens is 1. The number of likely N-dealkylation sites (N-methyl/N-ethyl adjacent to an activating group) is 1. The quantitative estimate of drug-likeness (QED) is 0.724. The van der Waals surface area contributed by atoms with Crippen LogP contribution in [0.4, 0.5) is 10.1 Å². The van der Waals surface area contributed by atoms with Gasteiger partial charge < -0.3 is 15.1 Å². The van der Waals surface area contributed by atoms with Gasteiger partial charge in [-0.3, -0.25) is 0 Å². The largest absolute Gasteiger partial charge is 0.339 e. The van der Waals surface area contributed by atoms with Crippen LogP contribution >= 0.6 is 23.8 Å². The number of nitrogens with zero attached hydrogens (tertiary/aromatic N) is 1. The molecule has 134 valence electrons. The molecule has 1 saturated heterocycles. The molecule has 1 heterocycles. The second-order valence-corrected chi connectivity index (χ2v) is 9.29. The van der Waals surface area contributed by atoms with E-state index >= 15 is 0 Å². The van der Waals surface area contributed by atoms with Gasteiger partial charge in [0.05, 0.1) is 43.7 Å². The number of nitrogens with one attached hydrogen (secondary N) is 2. The molecule has 0 unspecified atom stereocenters. The molecule has 0 amide bonds. The fourth-order valence-electron chi connectivity index (χ4n) is 2.58. The van der Waals surface area contributed by atoms with Gasteiger partial charge in [-0.15, -0.1) is 0 Å². The van der Waals surface area contributed by atoms with Gasteiger partial charge in [0.1, 0.15) is 5.82 Å². The van der Waals surface area contributed by atoms with Gasteiger partial charge in [-0.1, -0.05) is 11.6 Å². The van der Waals surface area contributed by atoms with Gasteiger partial charge in [0.15, 0.2) is 14.9 Å². The monoisotopic (exact) mass is 394 g/mol. The maximum atomic E-state index is 13.3. The van der Waals surface area contributed by atoms with Crippen LogP contribution in [0, 0.1) is 5.82 Å². The number of halogens is 2. The number of rotatable bonds is 5. The Balaban J connectivity index is 2.12. The summed E-state index contributed by atoms with van der Waals surface area (Å²) in [4.78, 5) is 3.16. The van der Waals surface area contributed by atoms with Crippen molar-refractivity contribution in [3.8, 4) is 0 Å². The van der Waals surface area contributed by atoms with Gasteiger partial charge >= 0.3 is 0 Å². The number of sulfone groups is 1. The molecule has 1 aliphatic rings. The molecule has 1 aliphatic heterocycles. The maximum absolute atomic E-state index is 13.3. The van der Waals surface area contributed by atoms with E-state index in [1.165, 1.54) is 17.0 Å². The van der Waals surface area contributed by atoms with E-state index < -0.39 is 15.7 Å². The highest BCUT2D eigenvalue weighted by Crippen LogP contribution is 2.22. The maximum Gasteiger partial charge on any atom is 0.173 e. The summed E-state index contributed by atoms with van der Waals surface area (Å²) in [5, 5.41) is 3.48. The Morgan fingerprint density at radius 2 is 2.21 bits per heavy atom. The summed E-state index contributed by atoms with van der Waals surface area (Å²) in [6.45, 7) is 1.46. The normalized spacial score (nSPS) is 19.5. The number of hydrogen-bond acceptors (Lipinski definition) is 3. The first-order chi connectivity index (χ1) is 11.2. The first-order valence-corrected chi connectivity index (χ1v) is 10.3. The van der Waals surface area contributed by atoms with Gasteiger partial charge in [-0.05, 0) is 36.8 Å². The van der Waals surface area contributed by atoms with Crippen molar-refractivity contribution in [3.63, 3.8) is 0 Å². The first-order valence-electron chi connectivity index (χ1n) is 7.70. The molecule has 0 aliphatic carbocycles. The van der Waals surface area contributed by atoms with E-state index in [9.17, 15) is 12.8 Å². The highest BCUT2D eigenvalue weighted by atomic mass is 35.5. The smallest absolute Gasteiger partial charge is 0.173 e. The molecule has 1 atom stereocenters. The minimum Gasteiger partial charge on any atom is -0.339 e. The third kappa shape index (κ3) is 5.27. The Bertz CT molecular complexity index is 713. The fourth-order valence-corrected chi connectivity index (χ4v) is 4.85. The van der Waals surface area contributed by atoms with Gasteiger partial charge in [-0.25, -0.2) is 12.8 Å². The number of anilines is 1. The predicted octanol–water partition coefficient (Wildman–Crippen LogP) is 0.810. The Hall–Kier alpha value is -0.960. The average Bonchev–Trinajstić information content (AvgIpc) is 2.83. The molecule has 1 aromatic carbocycles. The molecule has 2 rings (SSSR count). The van der Waals surface area contributed by atoms with E-state index in [2.05, 4.69) is 5.32 Å². The molecular formula is C15H22ClFN3O2S2+. The number of thiocarbonyl (C=S) groups is 1. The van der Waals surface area contributed by atoms with Crippen LogP contribution in [0.2, 0.25) is 5.02 Å². The van der Waals surface area contributed by atoms with Crippen LogP contribution in [0.1, 0.15) is 6.42 Å². The van der Waals surface area contributed by atoms with Crippen LogP contribution in [0.3, 0.4) is 0 Å². The lowest BCUT2D eigenvalue weighted by Gasteiger charge is -2.31. The van der Waals surface area contributed by atoms with Crippen molar-refractivity contribution < 1.29 is 17.7 Å². The Kier molecular flexibility index (Phi) is 6.41. The second-order valence-electron chi connectivity index (χ2n) is 6.27. The van der Waals surface area contributed by atoms with Crippen LogP contribution in [0.5, 0.6) is 0 Å². The van der Waals surface area contributed by atoms with E-state index in [0.717, 1.165) is 6.54 Å². The van der Waals surface area contributed by atoms with Gasteiger partial charge in [-0.2, -0.15) is 0 Å². The topological polar surface area (TPSA) is 53.9 Å². The standard InChI is InChI=1S/C15H21ClFN3O2S2/c1-19(2)6-7-20(12-5-8-24(21,22)10-12)15(23)18-11-3-4-14(17)13(16)9-11/h3-4,9,12H,5-8,10H2,1-2H3,(H,18,23)/p+1/t12-/m0/s1. The lowest BCUT2D eigenvalue weighted by atomic mass is 10.2. The zero-order valence-electron chi connectivity index (χ0n) is 13.7. The molecule has 0 spiro atoms. The molecule has 0 radical (unpaired) electrons. The predicted molar refractivity (Wildman–Crippen MR) is 99.1 cm³/mol. The van der Waals surface area contributed by atoms with E-state index in [1.54, 1.807) is 6.07 Å². The van der Waals surface area contributed by atoms with Crippen molar-refractivity contribution in [2.45, 2.75) is 12.5 Å². The van der Waals surface area contributed by atoms with Crippen molar-refractivity contribution in [2.24, 2.45) is 0 Å². The Morgan fingerprint density at radius 3 is 2.75 bits per heavy atom. The fraction of sp³-hybridized carbons (Fsp3) is 0.533. The van der Waals surface area contributed by atoms with Crippen LogP contribution in [0.15, 0.2) is 18.2 Å². The molecule has 0 saturated carbocycles. The van der Waals surface area contributed by atoms with Crippen molar-refractivity contribution in [1.82, 2.24) is 4.90 Å². The van der Waals surface area contributed by atoms with Gasteiger partial charge in [0, 0.05) is 11.7 Å².